The molecule has 0 saturated carbocycles. The van der Waals surface area contributed by atoms with Crippen LogP contribution >= 0.6 is 0 Å². The van der Waals surface area contributed by atoms with Crippen LogP contribution in [0.2, 0.25) is 12.6 Å². The molecule has 0 amide bonds. The summed E-state index contributed by atoms with van der Waals surface area (Å²) in [4.78, 5) is 0. The molecule has 0 atom stereocenters. The average Bonchev–Trinajstić information content (AvgIpc) is 2.40. The molecule has 1 heterocycles. The maximum absolute atomic E-state index is 3.98. The molecule has 1 aliphatic rings. The van der Waals surface area contributed by atoms with E-state index in [0.29, 0.717) is 0 Å². The third-order valence-electron chi connectivity index (χ3n) is 4.16. The second kappa shape index (κ2) is 4.25. The molecular weight excluding hydrogens is 232 g/mol. The van der Waals surface area contributed by atoms with Gasteiger partial charge in [-0.1, -0.05) is 71.5 Å². The third-order valence-corrected chi connectivity index (χ3v) is 8.62. The van der Waals surface area contributed by atoms with E-state index in [-0.39, 0.29) is 0 Å². The second-order valence-corrected chi connectivity index (χ2v) is 9.47. The van der Waals surface area contributed by atoms with Crippen LogP contribution in [0.3, 0.4) is 0 Å². The second-order valence-electron chi connectivity index (χ2n) is 5.32. The maximum Gasteiger partial charge on any atom is 0.119 e. The van der Waals surface area contributed by atoms with Gasteiger partial charge in [-0.15, -0.1) is 6.58 Å². The molecule has 1 aliphatic heterocycles. The van der Waals surface area contributed by atoms with Crippen molar-refractivity contribution in [2.24, 2.45) is 0 Å². The Bertz CT molecular complexity index is 553. The first kappa shape index (κ1) is 11.5. The van der Waals surface area contributed by atoms with E-state index in [1.807, 2.05) is 0 Å². The number of allylic oxidation sites excluding steroid dienone is 1. The summed E-state index contributed by atoms with van der Waals surface area (Å²) in [7, 11) is -1.60. The fraction of sp³-hybridized carbons (Fsp3) is 0.176. The minimum absolute atomic E-state index is 1.09. The molecule has 2 aromatic rings. The molecule has 0 aliphatic carbocycles. The quantitative estimate of drug-likeness (QED) is 0.568. The summed E-state index contributed by atoms with van der Waals surface area (Å²) < 4.78 is 0. The third kappa shape index (κ3) is 1.58. The standard InChI is InChI=1S/C17H18Si/c1-3-12-18(2)16-10-6-4-8-14(16)13-15-9-5-7-11-17(15)18/h3-11H,1,12-13H2,2H3. The minimum atomic E-state index is -1.60. The van der Waals surface area contributed by atoms with E-state index in [4.69, 9.17) is 0 Å². The Morgan fingerprint density at radius 2 is 1.50 bits per heavy atom. The van der Waals surface area contributed by atoms with Crippen molar-refractivity contribution < 1.29 is 0 Å². The smallest absolute Gasteiger partial charge is 0.103 e. The fourth-order valence-corrected chi connectivity index (χ4v) is 7.28. The Kier molecular flexibility index (Phi) is 2.71. The minimum Gasteiger partial charge on any atom is -0.103 e. The molecule has 0 unspecified atom stereocenters. The van der Waals surface area contributed by atoms with Crippen molar-refractivity contribution >= 4 is 18.4 Å². The number of fused-ring (bicyclic) bond motifs is 2. The molecule has 3 rings (SSSR count). The van der Waals surface area contributed by atoms with Crippen molar-refractivity contribution in [3.8, 4) is 0 Å². The first-order valence-electron chi connectivity index (χ1n) is 6.53. The van der Waals surface area contributed by atoms with Crippen LogP contribution in [-0.4, -0.2) is 8.07 Å². The van der Waals surface area contributed by atoms with E-state index >= 15 is 0 Å². The monoisotopic (exact) mass is 250 g/mol. The zero-order valence-electron chi connectivity index (χ0n) is 10.8. The van der Waals surface area contributed by atoms with Gasteiger partial charge < -0.3 is 0 Å². The average molecular weight is 250 g/mol. The molecule has 2 aromatic carbocycles. The molecule has 0 N–H and O–H groups in total. The van der Waals surface area contributed by atoms with Crippen molar-refractivity contribution in [3.05, 3.63) is 72.3 Å². The Morgan fingerprint density at radius 1 is 1.00 bits per heavy atom. The molecular formula is C17H18Si. The van der Waals surface area contributed by atoms with E-state index in [0.717, 1.165) is 12.5 Å². The predicted octanol–water partition coefficient (Wildman–Crippen LogP) is 2.97. The molecule has 0 spiro atoms. The molecule has 18 heavy (non-hydrogen) atoms. The van der Waals surface area contributed by atoms with Crippen LogP contribution in [0.4, 0.5) is 0 Å². The van der Waals surface area contributed by atoms with Crippen molar-refractivity contribution in [2.75, 3.05) is 0 Å². The zero-order chi connectivity index (χ0) is 12.6. The summed E-state index contributed by atoms with van der Waals surface area (Å²) in [5.41, 5.74) is 3.04. The Morgan fingerprint density at radius 3 is 2.00 bits per heavy atom. The molecule has 1 heteroatoms. The van der Waals surface area contributed by atoms with Gasteiger partial charge in [0.05, 0.1) is 0 Å². The molecule has 0 radical (unpaired) electrons. The highest BCUT2D eigenvalue weighted by atomic mass is 28.3. The fourth-order valence-electron chi connectivity index (χ4n) is 3.28. The SMILES string of the molecule is C=CC[Si]1(C)c2ccccc2Cc2ccccc21. The molecule has 0 saturated heterocycles. The lowest BCUT2D eigenvalue weighted by Crippen LogP contribution is -2.60. The topological polar surface area (TPSA) is 0 Å². The van der Waals surface area contributed by atoms with Gasteiger partial charge >= 0.3 is 0 Å². The number of hydrogen-bond acceptors (Lipinski definition) is 0. The van der Waals surface area contributed by atoms with Crippen LogP contribution in [0.5, 0.6) is 0 Å². The zero-order valence-corrected chi connectivity index (χ0v) is 11.8. The van der Waals surface area contributed by atoms with Crippen molar-refractivity contribution in [3.63, 3.8) is 0 Å². The Labute approximate surface area is 110 Å². The lowest BCUT2D eigenvalue weighted by Gasteiger charge is -2.35. The number of benzene rings is 2. The van der Waals surface area contributed by atoms with E-state index in [2.05, 4.69) is 67.7 Å². The lowest BCUT2D eigenvalue weighted by atomic mass is 10.0. The molecule has 0 nitrogen and oxygen atoms in total. The van der Waals surface area contributed by atoms with Gasteiger partial charge in [0, 0.05) is 0 Å². The summed E-state index contributed by atoms with van der Waals surface area (Å²) in [5.74, 6) is 0. The van der Waals surface area contributed by atoms with Crippen molar-refractivity contribution in [1.29, 1.82) is 0 Å². The predicted molar refractivity (Wildman–Crippen MR) is 81.6 cm³/mol. The van der Waals surface area contributed by atoms with Crippen molar-refractivity contribution in [2.45, 2.75) is 19.0 Å². The summed E-state index contributed by atoms with van der Waals surface area (Å²) >= 11 is 0. The van der Waals surface area contributed by atoms with Crippen molar-refractivity contribution in [1.82, 2.24) is 0 Å². The van der Waals surface area contributed by atoms with Gasteiger partial charge in [0.1, 0.15) is 8.07 Å². The highest BCUT2D eigenvalue weighted by Crippen LogP contribution is 2.22. The molecule has 0 aromatic heterocycles. The summed E-state index contributed by atoms with van der Waals surface area (Å²) in [6, 6.07) is 19.1. The molecule has 90 valence electrons. The summed E-state index contributed by atoms with van der Waals surface area (Å²) in [6.07, 6.45) is 3.19. The van der Waals surface area contributed by atoms with Gasteiger partial charge in [0.2, 0.25) is 0 Å². The largest absolute Gasteiger partial charge is 0.119 e. The van der Waals surface area contributed by atoms with Crippen LogP contribution in [-0.2, 0) is 6.42 Å². The highest BCUT2D eigenvalue weighted by molar-refractivity contribution is 7.02. The van der Waals surface area contributed by atoms with E-state index in [1.165, 1.54) is 11.1 Å². The lowest BCUT2D eigenvalue weighted by molar-refractivity contribution is 1.19. The van der Waals surface area contributed by atoms with Crippen LogP contribution < -0.4 is 10.4 Å². The first-order chi connectivity index (χ1) is 8.75. The number of rotatable bonds is 2. The molecule has 0 bridgehead atoms. The van der Waals surface area contributed by atoms with Gasteiger partial charge in [-0.2, -0.15) is 0 Å². The van der Waals surface area contributed by atoms with E-state index < -0.39 is 8.07 Å². The van der Waals surface area contributed by atoms with Crippen LogP contribution in [0.25, 0.3) is 0 Å². The van der Waals surface area contributed by atoms with Gasteiger partial charge in [0.15, 0.2) is 0 Å². The van der Waals surface area contributed by atoms with Gasteiger partial charge in [-0.25, -0.2) is 0 Å². The number of hydrogen-bond donors (Lipinski definition) is 0. The normalized spacial score (nSPS) is 15.6. The van der Waals surface area contributed by atoms with E-state index in [1.54, 1.807) is 10.4 Å². The van der Waals surface area contributed by atoms with Gasteiger partial charge in [-0.05, 0) is 23.6 Å². The summed E-state index contributed by atoms with van der Waals surface area (Å²) in [5, 5.41) is 3.20. The van der Waals surface area contributed by atoms with Crippen LogP contribution in [0.15, 0.2) is 61.2 Å². The Hall–Kier alpha value is -1.60. The van der Waals surface area contributed by atoms with E-state index in [9.17, 15) is 0 Å². The van der Waals surface area contributed by atoms with Gasteiger partial charge in [-0.3, -0.25) is 0 Å². The highest BCUT2D eigenvalue weighted by Gasteiger charge is 2.36. The first-order valence-corrected chi connectivity index (χ1v) is 9.24. The van der Waals surface area contributed by atoms with Gasteiger partial charge in [0.25, 0.3) is 0 Å². The van der Waals surface area contributed by atoms with Crippen LogP contribution in [0, 0.1) is 0 Å². The molecule has 0 fully saturated rings. The Balaban J connectivity index is 2.27. The summed E-state index contributed by atoms with van der Waals surface area (Å²) in [6.45, 7) is 6.46. The maximum atomic E-state index is 3.98. The van der Waals surface area contributed by atoms with Crippen LogP contribution in [0.1, 0.15) is 11.1 Å².